The van der Waals surface area contributed by atoms with E-state index >= 15 is 0 Å². The molecule has 0 saturated carbocycles. The van der Waals surface area contributed by atoms with E-state index in [0.717, 1.165) is 52.0 Å². The number of tetrazole rings is 2. The van der Waals surface area contributed by atoms with Gasteiger partial charge in [-0.2, -0.15) is 48.9 Å². The van der Waals surface area contributed by atoms with Crippen molar-refractivity contribution in [2.75, 3.05) is 0 Å². The van der Waals surface area contributed by atoms with Crippen molar-refractivity contribution < 1.29 is 13.2 Å². The zero-order valence-electron chi connectivity index (χ0n) is 42.6. The van der Waals surface area contributed by atoms with E-state index < -0.39 is 12.0 Å². The molecule has 0 aliphatic rings. The minimum atomic E-state index is -4.44. The van der Waals surface area contributed by atoms with E-state index in [9.17, 15) is 22.8 Å². The highest BCUT2D eigenvalue weighted by Crippen LogP contribution is 2.25. The number of rotatable bonds is 2. The minimum Gasteiger partial charge on any atom is -0.293 e. The molecule has 0 aliphatic carbocycles. The lowest BCUT2D eigenvalue weighted by Gasteiger charge is -1.96. The lowest BCUT2D eigenvalue weighted by atomic mass is 10.2. The van der Waals surface area contributed by atoms with Crippen molar-refractivity contribution in [3.63, 3.8) is 0 Å². The van der Waals surface area contributed by atoms with Gasteiger partial charge in [0.05, 0.1) is 0 Å². The molecule has 10 heterocycles. The van der Waals surface area contributed by atoms with Gasteiger partial charge in [-0.15, -0.1) is 20.4 Å². The fourth-order valence-corrected chi connectivity index (χ4v) is 4.51. The molecule has 75 heavy (non-hydrogen) atoms. The zero-order chi connectivity index (χ0) is 55.3. The Labute approximate surface area is 422 Å². The number of aromatic amines is 9. The summed E-state index contributed by atoms with van der Waals surface area (Å²) in [5, 5.41) is 62.8. The lowest BCUT2D eigenvalue weighted by molar-refractivity contribution is -0.144. The van der Waals surface area contributed by atoms with Crippen LogP contribution in [0.2, 0.25) is 0 Å². The van der Waals surface area contributed by atoms with Crippen LogP contribution in [0.25, 0.3) is 22.9 Å². The quantitative estimate of drug-likeness (QED) is 0.120. The van der Waals surface area contributed by atoms with E-state index in [0.29, 0.717) is 23.3 Å². The van der Waals surface area contributed by atoms with Gasteiger partial charge in [-0.1, -0.05) is 41.6 Å². The third-order valence-corrected chi connectivity index (χ3v) is 8.13. The fourth-order valence-electron chi connectivity index (χ4n) is 4.51. The summed E-state index contributed by atoms with van der Waals surface area (Å²) in [6.07, 6.45) is -1.24. The summed E-state index contributed by atoms with van der Waals surface area (Å²) in [4.78, 5) is 49.7. The third kappa shape index (κ3) is 24.0. The molecule has 0 atom stereocenters. The molecule has 0 fully saturated rings. The van der Waals surface area contributed by atoms with E-state index in [1.54, 1.807) is 50.4 Å². The number of alkyl halides is 3. The van der Waals surface area contributed by atoms with Crippen LogP contribution in [0.4, 0.5) is 13.2 Å². The molecule has 0 aliphatic heterocycles. The molecule has 0 amide bonds. The molecule has 10 aromatic heterocycles. The van der Waals surface area contributed by atoms with Crippen molar-refractivity contribution in [1.82, 2.24) is 152 Å². The van der Waals surface area contributed by atoms with Crippen LogP contribution in [0.1, 0.15) is 64.1 Å². The molecule has 0 radical (unpaired) electrons. The van der Waals surface area contributed by atoms with Crippen LogP contribution in [0.5, 0.6) is 0 Å². The maximum Gasteiger partial charge on any atom is 0.453 e. The molecule has 11 rings (SSSR count). The van der Waals surface area contributed by atoms with E-state index in [-0.39, 0.29) is 17.2 Å². The molecule has 1 aromatic carbocycles. The Morgan fingerprint density at radius 1 is 0.547 bits per heavy atom. The molecule has 0 saturated heterocycles. The Bertz CT molecular complexity index is 3140. The maximum atomic E-state index is 11.7. The van der Waals surface area contributed by atoms with Gasteiger partial charge in [0, 0.05) is 25.9 Å². The first-order chi connectivity index (χ1) is 35.6. The summed E-state index contributed by atoms with van der Waals surface area (Å²) in [6, 6.07) is 15.6. The Hall–Kier alpha value is -10.1. The second-order valence-electron chi connectivity index (χ2n) is 14.6. The Kier molecular flexibility index (Phi) is 24.1. The van der Waals surface area contributed by atoms with Crippen LogP contribution in [-0.2, 0) is 20.3 Å². The van der Waals surface area contributed by atoms with Gasteiger partial charge in [-0.05, 0) is 91.8 Å². The molecule has 0 unspecified atom stereocenters. The highest BCUT2D eigenvalue weighted by atomic mass is 19.4. The zero-order valence-corrected chi connectivity index (χ0v) is 42.6. The first kappa shape index (κ1) is 59.2. The normalized spacial score (nSPS) is 9.91. The predicted molar refractivity (Wildman–Crippen MR) is 259 cm³/mol. The SMILES string of the molecule is Cc1n[nH]c(=O)[nH]1.Cc1n[nH]c(C)n1.Cc1nc(-c2ccccc2)n[nH]1.Cc1nc(-c2ccccn2)n[nH]1.Cc1nc(=O)[nH]n1C.Cc1nc(C(F)(F)F)n[nH]1.Cc1ncn[nH]1.Cc1nn[nH]n1.Cc1nnnn1C. The van der Waals surface area contributed by atoms with Gasteiger partial charge in [0.15, 0.2) is 17.5 Å². The van der Waals surface area contributed by atoms with Gasteiger partial charge < -0.3 is 0 Å². The van der Waals surface area contributed by atoms with Crippen molar-refractivity contribution in [3.05, 3.63) is 146 Å². The number of aromatic nitrogens is 30. The standard InChI is InChI=1S/C9H9N3.C8H8N4.C4H4F3N3.C4H7N3O.C4H7N3.C3H6N4.C3H5N3O.C3H5N3.C2H4N4/c1-7-10-9(12-11-7)8-5-3-2-4-6-8;1-6-10-8(12-11-6)7-4-2-3-5-9-7;1-2-8-3(10-9-2)4(5,6)7;1-3-5-4(8)6-7(3)2;1-3-5-4(2)7-6-3;1-3-4-5-6-7(3)2;1-2-4-3(7)6-5-2;1-3-4-2-5-6-3;1-2-3-5-6-4-2/h2-6H,1H3,(H,10,11,12);2-5H,1H3,(H,10,11,12);1H3,(H,8,9,10);1-2H3,(H,6,8);1-2H3,(H,5,6,7);1-2H3;1H3,(H2,4,5,6,7);2H,1H3,(H,4,5,6);1H3,(H,3,4,5,6). The molecule has 32 nitrogen and oxygen atoms in total. The van der Waals surface area contributed by atoms with E-state index in [2.05, 4.69) is 142 Å². The van der Waals surface area contributed by atoms with Gasteiger partial charge in [0.2, 0.25) is 0 Å². The number of aryl methyl sites for hydroxylation is 12. The minimum absolute atomic E-state index is 0.160. The second-order valence-corrected chi connectivity index (χ2v) is 14.6. The number of hydrogen-bond acceptors (Lipinski definition) is 21. The smallest absolute Gasteiger partial charge is 0.293 e. The Morgan fingerprint density at radius 2 is 1.17 bits per heavy atom. The van der Waals surface area contributed by atoms with Crippen LogP contribution < -0.4 is 11.4 Å². The summed E-state index contributed by atoms with van der Waals surface area (Å²) in [5.74, 6) is 7.45. The predicted octanol–water partition coefficient (Wildman–Crippen LogP) is 2.47. The van der Waals surface area contributed by atoms with Crippen molar-refractivity contribution >= 4 is 0 Å². The number of pyridine rings is 1. The maximum absolute atomic E-state index is 11.7. The monoisotopic (exact) mass is 1040 g/mol. The summed E-state index contributed by atoms with van der Waals surface area (Å²) in [5.41, 5.74) is 1.30. The highest BCUT2D eigenvalue weighted by molar-refractivity contribution is 5.53. The first-order valence-electron chi connectivity index (χ1n) is 21.6. The highest BCUT2D eigenvalue weighted by Gasteiger charge is 2.35. The van der Waals surface area contributed by atoms with Crippen molar-refractivity contribution in [2.45, 2.75) is 75.4 Å². The van der Waals surface area contributed by atoms with E-state index in [4.69, 9.17) is 0 Å². The molecule has 11 aromatic rings. The van der Waals surface area contributed by atoms with Gasteiger partial charge >= 0.3 is 17.6 Å². The number of nitrogens with zero attached hydrogens (tertiary/aromatic N) is 21. The van der Waals surface area contributed by atoms with Crippen LogP contribution in [-0.4, -0.2) is 152 Å². The Morgan fingerprint density at radius 3 is 1.45 bits per heavy atom. The summed E-state index contributed by atoms with van der Waals surface area (Å²) < 4.78 is 38.2. The van der Waals surface area contributed by atoms with Crippen LogP contribution in [0.15, 0.2) is 70.6 Å². The second kappa shape index (κ2) is 30.6. The number of H-pyrrole nitrogens is 9. The number of halogens is 3. The van der Waals surface area contributed by atoms with Gasteiger partial charge in [0.25, 0.3) is 5.82 Å². The lowest BCUT2D eigenvalue weighted by Crippen LogP contribution is -2.07. The van der Waals surface area contributed by atoms with E-state index in [1.807, 2.05) is 90.1 Å². The van der Waals surface area contributed by atoms with Gasteiger partial charge in [0.1, 0.15) is 64.4 Å². The average Bonchev–Trinajstić information content (AvgIpc) is 4.23. The number of nitrogens with one attached hydrogen (secondary N) is 9. The summed E-state index contributed by atoms with van der Waals surface area (Å²) in [7, 11) is 3.54. The van der Waals surface area contributed by atoms with Crippen molar-refractivity contribution in [1.29, 1.82) is 0 Å². The number of hydrogen-bond donors (Lipinski definition) is 9. The molecule has 0 bridgehead atoms. The third-order valence-electron chi connectivity index (χ3n) is 8.13. The Balaban J connectivity index is 0.000000225. The van der Waals surface area contributed by atoms with Crippen LogP contribution in [0.3, 0.4) is 0 Å². The van der Waals surface area contributed by atoms with Crippen molar-refractivity contribution in [2.24, 2.45) is 14.1 Å². The van der Waals surface area contributed by atoms with Crippen LogP contribution in [0, 0.1) is 69.2 Å². The largest absolute Gasteiger partial charge is 0.453 e. The van der Waals surface area contributed by atoms with Crippen molar-refractivity contribution in [3.8, 4) is 22.9 Å². The summed E-state index contributed by atoms with van der Waals surface area (Å²) in [6.45, 7) is 17.8. The fraction of sp³-hybridized carbons (Fsp3) is 0.325. The molecular weight excluding hydrogens is 990 g/mol. The van der Waals surface area contributed by atoms with Crippen LogP contribution >= 0.6 is 0 Å². The molecule has 9 N–H and O–H groups in total. The molecular formula is C40H55F3N30O2. The van der Waals surface area contributed by atoms with Gasteiger partial charge in [-0.25, -0.2) is 49.4 Å². The molecule has 35 heteroatoms. The topological polar surface area (TPSA) is 431 Å². The molecule has 0 spiro atoms. The molecule has 398 valence electrons. The first-order valence-corrected chi connectivity index (χ1v) is 21.6. The average molecular weight is 1050 g/mol. The number of benzene rings is 1. The van der Waals surface area contributed by atoms with E-state index in [1.165, 1.54) is 13.3 Å². The summed E-state index contributed by atoms with van der Waals surface area (Å²) >= 11 is 0. The van der Waals surface area contributed by atoms with Gasteiger partial charge in [-0.3, -0.25) is 40.1 Å².